The Kier molecular flexibility index (Phi) is 8.42. The Hall–Kier alpha value is -3.33. The summed E-state index contributed by atoms with van der Waals surface area (Å²) in [5.41, 5.74) is 0.638. The maximum Gasteiger partial charge on any atom is 0.282 e. The Morgan fingerprint density at radius 2 is 1.73 bits per heavy atom. The largest absolute Gasteiger partial charge is 0.339 e. The van der Waals surface area contributed by atoms with Crippen LogP contribution < -0.4 is 10.6 Å². The van der Waals surface area contributed by atoms with Crippen LogP contribution in [0.25, 0.3) is 0 Å². The molecule has 2 rings (SSSR count). The van der Waals surface area contributed by atoms with Gasteiger partial charge in [0.2, 0.25) is 0 Å². The van der Waals surface area contributed by atoms with Crippen LogP contribution in [0, 0.1) is 10.1 Å². The van der Waals surface area contributed by atoms with Crippen LogP contribution in [0.4, 0.5) is 11.4 Å². The summed E-state index contributed by atoms with van der Waals surface area (Å²) in [6.07, 6.45) is 1.73. The molecule has 0 aliphatic carbocycles. The average molecular weight is 429 g/mol. The number of rotatable bonds is 8. The van der Waals surface area contributed by atoms with E-state index in [-0.39, 0.29) is 22.3 Å². The number of nitro groups is 1. The number of carbonyl (C=O) groups is 2. The highest BCUT2D eigenvalue weighted by Crippen LogP contribution is 2.18. The topological polar surface area (TPSA) is 105 Å². The number of thiocarbonyl (C=S) groups is 1. The minimum absolute atomic E-state index is 0.0262. The number of amides is 2. The molecule has 0 atom stereocenters. The number of nitrogens with zero attached hydrogens (tertiary/aromatic N) is 2. The van der Waals surface area contributed by atoms with Gasteiger partial charge in [0.15, 0.2) is 5.11 Å². The number of para-hydroxylation sites is 1. The Balaban J connectivity index is 2.09. The van der Waals surface area contributed by atoms with Crippen molar-refractivity contribution in [2.45, 2.75) is 26.7 Å². The molecule has 0 bridgehead atoms. The van der Waals surface area contributed by atoms with E-state index in [0.29, 0.717) is 24.3 Å². The van der Waals surface area contributed by atoms with E-state index >= 15 is 0 Å². The van der Waals surface area contributed by atoms with Crippen molar-refractivity contribution in [1.82, 2.24) is 10.2 Å². The highest BCUT2D eigenvalue weighted by molar-refractivity contribution is 7.80. The minimum Gasteiger partial charge on any atom is -0.339 e. The van der Waals surface area contributed by atoms with E-state index < -0.39 is 10.8 Å². The Labute approximate surface area is 180 Å². The standard InChI is InChI=1S/C21H24N4O4S/c1-3-12-24(13-4-2)20(27)15-8-7-9-16(14-15)22-21(30)23-19(26)17-10-5-6-11-18(17)25(28)29/h5-11,14H,3-4,12-13H2,1-2H3,(H2,22,23,26,30). The predicted octanol–water partition coefficient (Wildman–Crippen LogP) is 3.98. The van der Waals surface area contributed by atoms with Crippen molar-refractivity contribution in [3.63, 3.8) is 0 Å². The SMILES string of the molecule is CCCN(CCC)C(=O)c1cccc(NC(=S)NC(=O)c2ccccc2[N+](=O)[O-])c1. The first-order valence-corrected chi connectivity index (χ1v) is 10.0. The zero-order chi connectivity index (χ0) is 22.1. The average Bonchev–Trinajstić information content (AvgIpc) is 2.73. The second kappa shape index (κ2) is 11.0. The number of nitrogens with one attached hydrogen (secondary N) is 2. The van der Waals surface area contributed by atoms with Gasteiger partial charge in [-0.05, 0) is 49.3 Å². The highest BCUT2D eigenvalue weighted by atomic mass is 32.1. The molecule has 8 nitrogen and oxygen atoms in total. The van der Waals surface area contributed by atoms with Gasteiger partial charge in [0.05, 0.1) is 4.92 Å². The molecule has 0 saturated carbocycles. The Morgan fingerprint density at radius 1 is 1.07 bits per heavy atom. The molecule has 0 saturated heterocycles. The maximum absolute atomic E-state index is 12.8. The molecule has 0 spiro atoms. The summed E-state index contributed by atoms with van der Waals surface area (Å²) in [6, 6.07) is 12.4. The van der Waals surface area contributed by atoms with Gasteiger partial charge in [-0.2, -0.15) is 0 Å². The first kappa shape index (κ1) is 23.0. The molecule has 2 N–H and O–H groups in total. The molecule has 9 heteroatoms. The van der Waals surface area contributed by atoms with Crippen LogP contribution in [0.5, 0.6) is 0 Å². The van der Waals surface area contributed by atoms with E-state index in [0.717, 1.165) is 12.8 Å². The van der Waals surface area contributed by atoms with Gasteiger partial charge >= 0.3 is 0 Å². The van der Waals surface area contributed by atoms with Gasteiger partial charge in [-0.1, -0.05) is 32.0 Å². The van der Waals surface area contributed by atoms with E-state index in [4.69, 9.17) is 12.2 Å². The summed E-state index contributed by atoms with van der Waals surface area (Å²) >= 11 is 5.16. The summed E-state index contributed by atoms with van der Waals surface area (Å²) < 4.78 is 0. The van der Waals surface area contributed by atoms with E-state index in [2.05, 4.69) is 10.6 Å². The van der Waals surface area contributed by atoms with Crippen molar-refractivity contribution in [3.8, 4) is 0 Å². The third-order valence-electron chi connectivity index (χ3n) is 4.21. The molecular formula is C21H24N4O4S. The molecule has 30 heavy (non-hydrogen) atoms. The Bertz CT molecular complexity index is 942. The molecule has 0 aromatic heterocycles. The number of anilines is 1. The van der Waals surface area contributed by atoms with Crippen molar-refractivity contribution in [2.75, 3.05) is 18.4 Å². The van der Waals surface area contributed by atoms with Crippen molar-refractivity contribution in [3.05, 3.63) is 69.8 Å². The fourth-order valence-corrected chi connectivity index (χ4v) is 3.14. The second-order valence-corrected chi connectivity index (χ2v) is 6.96. The van der Waals surface area contributed by atoms with Gasteiger partial charge in [-0.3, -0.25) is 25.0 Å². The number of benzene rings is 2. The molecule has 0 heterocycles. The molecule has 158 valence electrons. The molecule has 0 aliphatic heterocycles. The smallest absolute Gasteiger partial charge is 0.282 e. The molecular weight excluding hydrogens is 404 g/mol. The lowest BCUT2D eigenvalue weighted by molar-refractivity contribution is -0.385. The van der Waals surface area contributed by atoms with Crippen molar-refractivity contribution in [2.24, 2.45) is 0 Å². The molecule has 2 amide bonds. The van der Waals surface area contributed by atoms with Crippen LogP contribution in [-0.2, 0) is 0 Å². The summed E-state index contributed by atoms with van der Waals surface area (Å²) in [5, 5.41) is 16.3. The van der Waals surface area contributed by atoms with E-state index in [1.807, 2.05) is 13.8 Å². The number of nitro benzene ring substituents is 1. The fraction of sp³-hybridized carbons (Fsp3) is 0.286. The molecule has 0 unspecified atom stereocenters. The van der Waals surface area contributed by atoms with Crippen molar-refractivity contribution < 1.29 is 14.5 Å². The van der Waals surface area contributed by atoms with Crippen molar-refractivity contribution >= 4 is 40.5 Å². The predicted molar refractivity (Wildman–Crippen MR) is 120 cm³/mol. The maximum atomic E-state index is 12.8. The van der Waals surface area contributed by atoms with Gasteiger partial charge in [-0.25, -0.2) is 0 Å². The fourth-order valence-electron chi connectivity index (χ4n) is 2.92. The third-order valence-corrected chi connectivity index (χ3v) is 4.42. The quantitative estimate of drug-likeness (QED) is 0.374. The molecule has 0 radical (unpaired) electrons. The molecule has 0 fully saturated rings. The number of carbonyl (C=O) groups excluding carboxylic acids is 2. The summed E-state index contributed by atoms with van der Waals surface area (Å²) in [7, 11) is 0. The lowest BCUT2D eigenvalue weighted by atomic mass is 10.1. The highest BCUT2D eigenvalue weighted by Gasteiger charge is 2.20. The summed E-state index contributed by atoms with van der Waals surface area (Å²) in [5.74, 6) is -0.763. The molecule has 0 aliphatic rings. The van der Waals surface area contributed by atoms with Crippen LogP contribution in [0.2, 0.25) is 0 Å². The third kappa shape index (κ3) is 6.08. The van der Waals surface area contributed by atoms with Crippen LogP contribution in [0.15, 0.2) is 48.5 Å². The lowest BCUT2D eigenvalue weighted by Gasteiger charge is -2.21. The zero-order valence-corrected chi connectivity index (χ0v) is 17.7. The first-order chi connectivity index (χ1) is 14.4. The van der Waals surface area contributed by atoms with Gasteiger partial charge in [0.1, 0.15) is 5.56 Å². The summed E-state index contributed by atoms with van der Waals surface area (Å²) in [4.78, 5) is 37.4. The van der Waals surface area contributed by atoms with Crippen LogP contribution in [0.3, 0.4) is 0 Å². The zero-order valence-electron chi connectivity index (χ0n) is 16.9. The lowest BCUT2D eigenvalue weighted by Crippen LogP contribution is -2.34. The monoisotopic (exact) mass is 428 g/mol. The summed E-state index contributed by atoms with van der Waals surface area (Å²) in [6.45, 7) is 5.39. The van der Waals surface area contributed by atoms with Crippen LogP contribution in [0.1, 0.15) is 47.4 Å². The second-order valence-electron chi connectivity index (χ2n) is 6.56. The normalized spacial score (nSPS) is 10.2. The van der Waals surface area contributed by atoms with Crippen LogP contribution >= 0.6 is 12.2 Å². The van der Waals surface area contributed by atoms with Gasteiger partial charge in [-0.15, -0.1) is 0 Å². The van der Waals surface area contributed by atoms with Crippen molar-refractivity contribution in [1.29, 1.82) is 0 Å². The number of hydrogen-bond acceptors (Lipinski definition) is 5. The van der Waals surface area contributed by atoms with Gasteiger partial charge < -0.3 is 10.2 Å². The first-order valence-electron chi connectivity index (χ1n) is 9.62. The van der Waals surface area contributed by atoms with E-state index in [1.54, 1.807) is 29.2 Å². The number of hydrogen-bond donors (Lipinski definition) is 2. The molecule has 2 aromatic carbocycles. The Morgan fingerprint density at radius 3 is 2.37 bits per heavy atom. The van der Waals surface area contributed by atoms with E-state index in [1.165, 1.54) is 24.3 Å². The molecule has 2 aromatic rings. The van der Waals surface area contributed by atoms with Gasteiger partial charge in [0, 0.05) is 30.4 Å². The van der Waals surface area contributed by atoms with Gasteiger partial charge in [0.25, 0.3) is 17.5 Å². The van der Waals surface area contributed by atoms with Crippen LogP contribution in [-0.4, -0.2) is 39.8 Å². The minimum atomic E-state index is -0.691. The van der Waals surface area contributed by atoms with E-state index in [9.17, 15) is 19.7 Å².